The lowest BCUT2D eigenvalue weighted by molar-refractivity contribution is -0.120. The summed E-state index contributed by atoms with van der Waals surface area (Å²) < 4.78 is 0. The molecule has 0 radical (unpaired) electrons. The van der Waals surface area contributed by atoms with E-state index in [9.17, 15) is 4.79 Å². The molecule has 1 aliphatic rings. The fraction of sp³-hybridized carbons (Fsp3) is 0.333. The number of benzene rings is 2. The van der Waals surface area contributed by atoms with Crippen LogP contribution in [0.2, 0.25) is 5.02 Å². The molecule has 2 aromatic carbocycles. The van der Waals surface area contributed by atoms with Crippen molar-refractivity contribution in [3.63, 3.8) is 0 Å². The molecule has 1 fully saturated rings. The smallest absolute Gasteiger partial charge is 0.226 e. The van der Waals surface area contributed by atoms with Gasteiger partial charge in [0, 0.05) is 30.6 Å². The van der Waals surface area contributed by atoms with Crippen molar-refractivity contribution in [1.82, 2.24) is 15.2 Å². The summed E-state index contributed by atoms with van der Waals surface area (Å²) in [7, 11) is 0. The molecule has 0 aliphatic carbocycles. The quantitative estimate of drug-likeness (QED) is 0.561. The first-order valence-corrected chi connectivity index (χ1v) is 11.7. The molecule has 2 heterocycles. The maximum atomic E-state index is 12.5. The second-order valence-electron chi connectivity index (χ2n) is 7.83. The monoisotopic (exact) mass is 439 g/mol. The first kappa shape index (κ1) is 21.0. The molecular weight excluding hydrogens is 414 g/mol. The number of aromatic nitrogens is 1. The van der Waals surface area contributed by atoms with Crippen LogP contribution in [0.5, 0.6) is 0 Å². The van der Waals surface area contributed by atoms with E-state index in [1.54, 1.807) is 0 Å². The molecule has 4 rings (SSSR count). The van der Waals surface area contributed by atoms with Crippen LogP contribution in [0.1, 0.15) is 24.1 Å². The lowest BCUT2D eigenvalue weighted by atomic mass is 9.97. The second-order valence-corrected chi connectivity index (χ2v) is 9.10. The lowest BCUT2D eigenvalue weighted by Crippen LogP contribution is -2.40. The van der Waals surface area contributed by atoms with E-state index in [0.717, 1.165) is 42.4 Å². The topological polar surface area (TPSA) is 45.2 Å². The standard InChI is InChI=1S/C24H26ClN3OS/c25-22-11-5-4-10-21(22)24-27-20(17-30-24)13-23(29)26-14-19-9-6-12-28(16-19)15-18-7-2-1-3-8-18/h1-5,7-8,10-11,17,19H,6,9,12-16H2,(H,26,29). The minimum absolute atomic E-state index is 0.0335. The Kier molecular flexibility index (Phi) is 7.16. The normalized spacial score (nSPS) is 17.0. The van der Waals surface area contributed by atoms with Gasteiger partial charge in [-0.2, -0.15) is 0 Å². The SMILES string of the molecule is O=C(Cc1csc(-c2ccccc2Cl)n1)NCC1CCCN(Cc2ccccc2)C1. The third kappa shape index (κ3) is 5.69. The summed E-state index contributed by atoms with van der Waals surface area (Å²) in [6.07, 6.45) is 2.65. The molecule has 1 N–H and O–H groups in total. The third-order valence-corrected chi connectivity index (χ3v) is 6.69. The Balaban J connectivity index is 1.25. The number of rotatable bonds is 7. The molecule has 0 bridgehead atoms. The van der Waals surface area contributed by atoms with Crippen molar-refractivity contribution in [3.05, 3.63) is 76.3 Å². The van der Waals surface area contributed by atoms with Crippen molar-refractivity contribution < 1.29 is 4.79 Å². The number of carbonyl (C=O) groups is 1. The molecule has 1 saturated heterocycles. The van der Waals surface area contributed by atoms with E-state index >= 15 is 0 Å². The molecule has 30 heavy (non-hydrogen) atoms. The van der Waals surface area contributed by atoms with E-state index in [0.29, 0.717) is 17.4 Å². The number of nitrogens with zero attached hydrogens (tertiary/aromatic N) is 2. The second kappa shape index (κ2) is 10.2. The zero-order chi connectivity index (χ0) is 20.8. The Labute approximate surface area is 186 Å². The summed E-state index contributed by atoms with van der Waals surface area (Å²) in [6.45, 7) is 3.87. The van der Waals surface area contributed by atoms with Crippen molar-refractivity contribution in [2.75, 3.05) is 19.6 Å². The van der Waals surface area contributed by atoms with Gasteiger partial charge in [0.05, 0.1) is 17.1 Å². The van der Waals surface area contributed by atoms with Gasteiger partial charge in [0.1, 0.15) is 5.01 Å². The van der Waals surface area contributed by atoms with Gasteiger partial charge < -0.3 is 5.32 Å². The predicted octanol–water partition coefficient (Wildman–Crippen LogP) is 5.03. The number of nitrogens with one attached hydrogen (secondary N) is 1. The highest BCUT2D eigenvalue weighted by Crippen LogP contribution is 2.30. The van der Waals surface area contributed by atoms with Crippen LogP contribution < -0.4 is 5.32 Å². The zero-order valence-electron chi connectivity index (χ0n) is 16.9. The molecule has 0 spiro atoms. The highest BCUT2D eigenvalue weighted by atomic mass is 35.5. The molecule has 0 saturated carbocycles. The molecule has 1 atom stereocenters. The number of halogens is 1. The minimum atomic E-state index is 0.0335. The third-order valence-electron chi connectivity index (χ3n) is 5.44. The predicted molar refractivity (Wildman–Crippen MR) is 124 cm³/mol. The van der Waals surface area contributed by atoms with Crippen LogP contribution >= 0.6 is 22.9 Å². The molecule has 1 aromatic heterocycles. The van der Waals surface area contributed by atoms with Gasteiger partial charge in [-0.05, 0) is 36.9 Å². The van der Waals surface area contributed by atoms with E-state index in [1.807, 2.05) is 29.6 Å². The lowest BCUT2D eigenvalue weighted by Gasteiger charge is -2.32. The number of amides is 1. The number of thiazole rings is 1. The van der Waals surface area contributed by atoms with Crippen LogP contribution in [0.25, 0.3) is 10.6 Å². The van der Waals surface area contributed by atoms with Crippen LogP contribution in [0, 0.1) is 5.92 Å². The van der Waals surface area contributed by atoms with Gasteiger partial charge in [-0.25, -0.2) is 4.98 Å². The van der Waals surface area contributed by atoms with Crippen LogP contribution in [-0.4, -0.2) is 35.4 Å². The summed E-state index contributed by atoms with van der Waals surface area (Å²) in [5.41, 5.74) is 3.05. The minimum Gasteiger partial charge on any atom is -0.355 e. The van der Waals surface area contributed by atoms with Crippen LogP contribution in [0.15, 0.2) is 60.0 Å². The van der Waals surface area contributed by atoms with Crippen molar-refractivity contribution in [2.24, 2.45) is 5.92 Å². The van der Waals surface area contributed by atoms with Crippen molar-refractivity contribution in [1.29, 1.82) is 0 Å². The zero-order valence-corrected chi connectivity index (χ0v) is 18.5. The van der Waals surface area contributed by atoms with Gasteiger partial charge in [0.2, 0.25) is 5.91 Å². The number of carbonyl (C=O) groups excluding carboxylic acids is 1. The summed E-state index contributed by atoms with van der Waals surface area (Å²) in [5.74, 6) is 0.534. The van der Waals surface area contributed by atoms with Crippen molar-refractivity contribution in [3.8, 4) is 10.6 Å². The Bertz CT molecular complexity index is 975. The van der Waals surface area contributed by atoms with E-state index < -0.39 is 0 Å². The molecule has 1 amide bonds. The van der Waals surface area contributed by atoms with Gasteiger partial charge in [-0.3, -0.25) is 9.69 Å². The Morgan fingerprint density at radius 2 is 1.97 bits per heavy atom. The fourth-order valence-corrected chi connectivity index (χ4v) is 5.07. The van der Waals surface area contributed by atoms with E-state index in [-0.39, 0.29) is 5.91 Å². The largest absolute Gasteiger partial charge is 0.355 e. The molecular formula is C24H26ClN3OS. The van der Waals surface area contributed by atoms with Crippen molar-refractivity contribution in [2.45, 2.75) is 25.8 Å². The Hall–Kier alpha value is -2.21. The molecule has 1 unspecified atom stereocenters. The molecule has 6 heteroatoms. The molecule has 156 valence electrons. The van der Waals surface area contributed by atoms with Crippen LogP contribution in [-0.2, 0) is 17.8 Å². The van der Waals surface area contributed by atoms with E-state index in [1.165, 1.54) is 29.7 Å². The number of likely N-dealkylation sites (tertiary alicyclic amines) is 1. The van der Waals surface area contributed by atoms with Gasteiger partial charge >= 0.3 is 0 Å². The van der Waals surface area contributed by atoms with Gasteiger partial charge in [-0.1, -0.05) is 60.1 Å². The summed E-state index contributed by atoms with van der Waals surface area (Å²) in [6, 6.07) is 18.2. The average molecular weight is 440 g/mol. The van der Waals surface area contributed by atoms with Crippen molar-refractivity contribution >= 4 is 28.8 Å². The number of hydrogen-bond acceptors (Lipinski definition) is 4. The van der Waals surface area contributed by atoms with Gasteiger partial charge in [0.15, 0.2) is 0 Å². The first-order valence-electron chi connectivity index (χ1n) is 10.4. The summed E-state index contributed by atoms with van der Waals surface area (Å²) in [5, 5.41) is 6.60. The van der Waals surface area contributed by atoms with Crippen LogP contribution in [0.3, 0.4) is 0 Å². The number of piperidine rings is 1. The summed E-state index contributed by atoms with van der Waals surface area (Å²) in [4.78, 5) is 19.5. The van der Waals surface area contributed by atoms with E-state index in [4.69, 9.17) is 11.6 Å². The highest BCUT2D eigenvalue weighted by Gasteiger charge is 2.20. The maximum absolute atomic E-state index is 12.5. The Morgan fingerprint density at radius 1 is 1.17 bits per heavy atom. The first-order chi connectivity index (χ1) is 14.7. The average Bonchev–Trinajstić information content (AvgIpc) is 3.22. The summed E-state index contributed by atoms with van der Waals surface area (Å²) >= 11 is 7.78. The fourth-order valence-electron chi connectivity index (χ4n) is 3.93. The van der Waals surface area contributed by atoms with Crippen LogP contribution in [0.4, 0.5) is 0 Å². The highest BCUT2D eigenvalue weighted by molar-refractivity contribution is 7.13. The maximum Gasteiger partial charge on any atom is 0.226 e. The van der Waals surface area contributed by atoms with E-state index in [2.05, 4.69) is 45.5 Å². The molecule has 3 aromatic rings. The Morgan fingerprint density at radius 3 is 2.80 bits per heavy atom. The van der Waals surface area contributed by atoms with Gasteiger partial charge in [-0.15, -0.1) is 11.3 Å². The van der Waals surface area contributed by atoms with Gasteiger partial charge in [0.25, 0.3) is 0 Å². The molecule has 1 aliphatic heterocycles. The number of hydrogen-bond donors (Lipinski definition) is 1. The molecule has 4 nitrogen and oxygen atoms in total.